The minimum Gasteiger partial charge on any atom is -0.368 e. The number of carbonyl (C=O) groups excluding carboxylic acids is 1. The Bertz CT molecular complexity index is 754. The highest BCUT2D eigenvalue weighted by molar-refractivity contribution is 7.93. The smallest absolute Gasteiger partial charge is 0.267 e. The number of nitrogens with zero attached hydrogens (tertiary/aromatic N) is 1. The van der Waals surface area contributed by atoms with Crippen LogP contribution in [0.5, 0.6) is 0 Å². The molecule has 0 saturated carbocycles. The Balaban J connectivity index is 1.81. The first kappa shape index (κ1) is 16.0. The predicted molar refractivity (Wildman–Crippen MR) is 86.7 cm³/mol. The molecule has 0 aromatic heterocycles. The van der Waals surface area contributed by atoms with Crippen molar-refractivity contribution in [1.29, 1.82) is 0 Å². The lowest BCUT2D eigenvalue weighted by atomic mass is 9.91. The van der Waals surface area contributed by atoms with E-state index in [2.05, 4.69) is 0 Å². The van der Waals surface area contributed by atoms with E-state index in [1.54, 1.807) is 6.08 Å². The quantitative estimate of drug-likeness (QED) is 0.404. The Morgan fingerprint density at radius 3 is 2.70 bits per heavy atom. The number of carbonyl (C=O) groups is 1. The fraction of sp³-hybridized carbons (Fsp3) is 0.400. The molecule has 1 aromatic carbocycles. The standard InChI is InChI=1S/C15H19N3O4S/c16-12-7-15(23(21,22)8-12)9-18(10-15)13-4-2-1-3-11(13)5-6-14(19)17-20/h1-6,12,20H,7-10,16H2,(H,17,19)/b6-5+. The van der Waals surface area contributed by atoms with Crippen molar-refractivity contribution < 1.29 is 18.4 Å². The molecule has 2 aliphatic heterocycles. The number of hydroxylamine groups is 1. The lowest BCUT2D eigenvalue weighted by molar-refractivity contribution is -0.124. The number of hydrogen-bond acceptors (Lipinski definition) is 6. The Hall–Kier alpha value is -1.90. The van der Waals surface area contributed by atoms with Crippen molar-refractivity contribution in [3.63, 3.8) is 0 Å². The van der Waals surface area contributed by atoms with E-state index in [1.807, 2.05) is 29.2 Å². The summed E-state index contributed by atoms with van der Waals surface area (Å²) in [5, 5.41) is 8.53. The molecular formula is C15H19N3O4S. The molecule has 1 unspecified atom stereocenters. The summed E-state index contributed by atoms with van der Waals surface area (Å²) in [7, 11) is -3.16. The van der Waals surface area contributed by atoms with Gasteiger partial charge in [-0.2, -0.15) is 0 Å². The molecule has 0 bridgehead atoms. The van der Waals surface area contributed by atoms with Crippen molar-refractivity contribution in [1.82, 2.24) is 5.48 Å². The van der Waals surface area contributed by atoms with Crippen LogP contribution in [0.25, 0.3) is 6.08 Å². The molecule has 4 N–H and O–H groups in total. The van der Waals surface area contributed by atoms with Gasteiger partial charge in [-0.05, 0) is 24.1 Å². The van der Waals surface area contributed by atoms with Gasteiger partial charge in [-0.1, -0.05) is 18.2 Å². The number of amides is 1. The molecule has 7 nitrogen and oxygen atoms in total. The SMILES string of the molecule is NC1CC2(CN(c3ccccc3/C=C/C(=O)NO)C2)S(=O)(=O)C1. The van der Waals surface area contributed by atoms with Crippen LogP contribution in [0.4, 0.5) is 5.69 Å². The van der Waals surface area contributed by atoms with Crippen LogP contribution >= 0.6 is 0 Å². The molecule has 23 heavy (non-hydrogen) atoms. The van der Waals surface area contributed by atoms with Crippen LogP contribution in [-0.4, -0.2) is 49.2 Å². The zero-order valence-corrected chi connectivity index (χ0v) is 13.3. The molecule has 3 rings (SSSR count). The first-order valence-electron chi connectivity index (χ1n) is 7.31. The van der Waals surface area contributed by atoms with E-state index in [0.717, 1.165) is 11.3 Å². The van der Waals surface area contributed by atoms with Crippen molar-refractivity contribution >= 4 is 27.5 Å². The second-order valence-electron chi connectivity index (χ2n) is 6.15. The molecule has 8 heteroatoms. The van der Waals surface area contributed by atoms with Crippen LogP contribution < -0.4 is 16.1 Å². The highest BCUT2D eigenvalue weighted by Gasteiger charge is 2.58. The van der Waals surface area contributed by atoms with Gasteiger partial charge in [-0.25, -0.2) is 13.9 Å². The van der Waals surface area contributed by atoms with Crippen LogP contribution in [0.2, 0.25) is 0 Å². The number of sulfone groups is 1. The van der Waals surface area contributed by atoms with E-state index in [-0.39, 0.29) is 11.8 Å². The van der Waals surface area contributed by atoms with Crippen molar-refractivity contribution in [2.24, 2.45) is 5.73 Å². The maximum Gasteiger partial charge on any atom is 0.267 e. The van der Waals surface area contributed by atoms with Crippen molar-refractivity contribution in [2.45, 2.75) is 17.2 Å². The van der Waals surface area contributed by atoms with Crippen LogP contribution in [0, 0.1) is 0 Å². The van der Waals surface area contributed by atoms with Gasteiger partial charge in [0.05, 0.1) is 5.75 Å². The van der Waals surface area contributed by atoms with Crippen molar-refractivity contribution in [3.05, 3.63) is 35.9 Å². The second kappa shape index (κ2) is 5.63. The zero-order chi connectivity index (χ0) is 16.7. The van der Waals surface area contributed by atoms with Gasteiger partial charge < -0.3 is 10.6 Å². The number of nitrogens with two attached hydrogens (primary N) is 1. The second-order valence-corrected chi connectivity index (χ2v) is 8.58. The largest absolute Gasteiger partial charge is 0.368 e. The lowest BCUT2D eigenvalue weighted by Gasteiger charge is -2.48. The van der Waals surface area contributed by atoms with Gasteiger partial charge in [0.15, 0.2) is 9.84 Å². The summed E-state index contributed by atoms with van der Waals surface area (Å²) in [5.41, 5.74) is 9.00. The number of benzene rings is 1. The molecule has 0 aliphatic carbocycles. The first-order chi connectivity index (χ1) is 10.9. The fourth-order valence-electron chi connectivity index (χ4n) is 3.39. The number of nitrogens with one attached hydrogen (secondary N) is 1. The number of hydrogen-bond donors (Lipinski definition) is 3. The van der Waals surface area contributed by atoms with E-state index in [9.17, 15) is 13.2 Å². The summed E-state index contributed by atoms with van der Waals surface area (Å²) < 4.78 is 23.9. The van der Waals surface area contributed by atoms with E-state index in [4.69, 9.17) is 10.9 Å². The summed E-state index contributed by atoms with van der Waals surface area (Å²) in [6, 6.07) is 7.11. The van der Waals surface area contributed by atoms with Gasteiger partial charge in [0.2, 0.25) is 0 Å². The highest BCUT2D eigenvalue weighted by atomic mass is 32.2. The number of anilines is 1. The van der Waals surface area contributed by atoms with Crippen LogP contribution in [0.3, 0.4) is 0 Å². The molecule has 0 radical (unpaired) electrons. The maximum atomic E-state index is 12.3. The number of rotatable bonds is 3. The fourth-order valence-corrected chi connectivity index (χ4v) is 5.60. The Labute approximate surface area is 134 Å². The molecule has 2 fully saturated rings. The van der Waals surface area contributed by atoms with Crippen LogP contribution in [0.1, 0.15) is 12.0 Å². The van der Waals surface area contributed by atoms with Crippen LogP contribution in [0.15, 0.2) is 30.3 Å². The molecule has 2 aliphatic rings. The van der Waals surface area contributed by atoms with Gasteiger partial charge >= 0.3 is 0 Å². The zero-order valence-electron chi connectivity index (χ0n) is 12.5. The molecule has 1 amide bonds. The van der Waals surface area contributed by atoms with Gasteiger partial charge in [0, 0.05) is 30.9 Å². The molecule has 1 atom stereocenters. The average Bonchev–Trinajstić information content (AvgIpc) is 2.72. The van der Waals surface area contributed by atoms with Gasteiger partial charge in [-0.3, -0.25) is 10.0 Å². The molecule has 124 valence electrons. The normalized spacial score (nSPS) is 24.8. The molecule has 2 saturated heterocycles. The summed E-state index contributed by atoms with van der Waals surface area (Å²) in [4.78, 5) is 13.1. The van der Waals surface area contributed by atoms with Crippen LogP contribution in [-0.2, 0) is 14.6 Å². The third-order valence-corrected chi connectivity index (χ3v) is 7.10. The third-order valence-electron chi connectivity index (χ3n) is 4.49. The third kappa shape index (κ3) is 2.73. The number of para-hydroxylation sites is 1. The first-order valence-corrected chi connectivity index (χ1v) is 8.96. The highest BCUT2D eigenvalue weighted by Crippen LogP contribution is 2.42. The van der Waals surface area contributed by atoms with Crippen molar-refractivity contribution in [2.75, 3.05) is 23.7 Å². The summed E-state index contributed by atoms with van der Waals surface area (Å²) >= 11 is 0. The van der Waals surface area contributed by atoms with Gasteiger partial charge in [-0.15, -0.1) is 0 Å². The Morgan fingerprint density at radius 1 is 1.39 bits per heavy atom. The minimum atomic E-state index is -3.16. The van der Waals surface area contributed by atoms with E-state index in [0.29, 0.717) is 19.5 Å². The van der Waals surface area contributed by atoms with Gasteiger partial charge in [0.1, 0.15) is 4.75 Å². The molecular weight excluding hydrogens is 318 g/mol. The molecule has 1 aromatic rings. The maximum absolute atomic E-state index is 12.3. The van der Waals surface area contributed by atoms with Gasteiger partial charge in [0.25, 0.3) is 5.91 Å². The molecule has 1 spiro atoms. The Morgan fingerprint density at radius 2 is 2.09 bits per heavy atom. The van der Waals surface area contributed by atoms with E-state index < -0.39 is 20.5 Å². The summed E-state index contributed by atoms with van der Waals surface area (Å²) in [5.74, 6) is -0.566. The topological polar surface area (TPSA) is 113 Å². The lowest BCUT2D eigenvalue weighted by Crippen LogP contribution is -2.64. The minimum absolute atomic E-state index is 0.0546. The Kier molecular flexibility index (Phi) is 3.91. The molecule has 2 heterocycles. The monoisotopic (exact) mass is 337 g/mol. The summed E-state index contributed by atoms with van der Waals surface area (Å²) in [6.07, 6.45) is 3.30. The average molecular weight is 337 g/mol. The summed E-state index contributed by atoms with van der Waals surface area (Å²) in [6.45, 7) is 0.833. The van der Waals surface area contributed by atoms with Crippen molar-refractivity contribution in [3.8, 4) is 0 Å². The van der Waals surface area contributed by atoms with E-state index >= 15 is 0 Å². The predicted octanol–water partition coefficient (Wildman–Crippen LogP) is -0.0902. The van der Waals surface area contributed by atoms with E-state index in [1.165, 1.54) is 11.6 Å².